The highest BCUT2D eigenvalue weighted by atomic mass is 35.5. The largest absolute Gasteiger partial charge is 0.479 e. The highest BCUT2D eigenvalue weighted by Crippen LogP contribution is 2.39. The van der Waals surface area contributed by atoms with Crippen molar-refractivity contribution < 1.29 is 84.2 Å². The second-order valence-corrected chi connectivity index (χ2v) is 11.5. The number of nitrogens with zero attached hydrogens (tertiary/aromatic N) is 2. The number of nitro benzene ring substituents is 2. The van der Waals surface area contributed by atoms with Crippen LogP contribution in [0.2, 0.25) is 10.0 Å². The molecule has 0 unspecified atom stereocenters. The van der Waals surface area contributed by atoms with Crippen LogP contribution in [0.3, 0.4) is 0 Å². The number of ether oxygens (including phenoxy) is 5. The smallest absolute Gasteiger partial charge is 0.416 e. The van der Waals surface area contributed by atoms with Crippen molar-refractivity contribution in [3.05, 3.63) is 125 Å². The Morgan fingerprint density at radius 3 is 1.36 bits per heavy atom. The average Bonchev–Trinajstić information content (AvgIpc) is 3.13. The van der Waals surface area contributed by atoms with Gasteiger partial charge in [-0.3, -0.25) is 20.2 Å². The third-order valence-corrected chi connectivity index (χ3v) is 7.29. The molecular weight excluding hydrogens is 845 g/mol. The van der Waals surface area contributed by atoms with Crippen LogP contribution in [0.15, 0.2) is 72.8 Å². The van der Waals surface area contributed by atoms with Gasteiger partial charge in [-0.05, 0) is 55.5 Å². The Labute approximate surface area is 329 Å². The summed E-state index contributed by atoms with van der Waals surface area (Å²) in [7, 11) is 0. The van der Waals surface area contributed by atoms with Crippen molar-refractivity contribution in [3.63, 3.8) is 0 Å². The Kier molecular flexibility index (Phi) is 15.3. The zero-order chi connectivity index (χ0) is 43.5. The summed E-state index contributed by atoms with van der Waals surface area (Å²) in [6.45, 7) is -0.197. The first-order valence-electron chi connectivity index (χ1n) is 15.4. The molecule has 4 rings (SSSR count). The first-order chi connectivity index (χ1) is 27.0. The van der Waals surface area contributed by atoms with Crippen molar-refractivity contribution in [2.75, 3.05) is 19.8 Å². The van der Waals surface area contributed by atoms with Gasteiger partial charge in [-0.15, -0.1) is 0 Å². The van der Waals surface area contributed by atoms with Crippen molar-refractivity contribution in [2.45, 2.75) is 19.3 Å². The van der Waals surface area contributed by atoms with Crippen molar-refractivity contribution in [3.8, 4) is 23.0 Å². The van der Waals surface area contributed by atoms with Crippen LogP contribution in [-0.2, 0) is 36.2 Å². The van der Waals surface area contributed by atoms with E-state index in [0.29, 0.717) is 18.2 Å². The first-order valence-corrected chi connectivity index (χ1v) is 16.1. The van der Waals surface area contributed by atoms with Crippen molar-refractivity contribution in [1.82, 2.24) is 0 Å². The number of carboxylic acid groups (broad SMARTS) is 1. The molecule has 0 heterocycles. The van der Waals surface area contributed by atoms with Crippen LogP contribution in [0.4, 0.5) is 37.7 Å². The van der Waals surface area contributed by atoms with E-state index in [1.54, 1.807) is 0 Å². The molecule has 0 saturated heterocycles. The van der Waals surface area contributed by atoms with Gasteiger partial charge in [0.05, 0.1) is 37.6 Å². The number of nitro groups is 2. The summed E-state index contributed by atoms with van der Waals surface area (Å²) in [5.74, 6) is -5.49. The molecule has 4 aromatic rings. The maximum absolute atomic E-state index is 12.7. The minimum absolute atomic E-state index is 0.0493. The zero-order valence-electron chi connectivity index (χ0n) is 28.7. The lowest BCUT2D eigenvalue weighted by Crippen LogP contribution is -2.17. The quantitative estimate of drug-likeness (QED) is 0.0435. The average molecular weight is 867 g/mol. The third kappa shape index (κ3) is 12.9. The van der Waals surface area contributed by atoms with Gasteiger partial charge in [-0.1, -0.05) is 23.2 Å². The second kappa shape index (κ2) is 19.5. The lowest BCUT2D eigenvalue weighted by molar-refractivity contribution is -0.385. The van der Waals surface area contributed by atoms with E-state index in [0.717, 1.165) is 54.6 Å². The maximum atomic E-state index is 12.7. The minimum Gasteiger partial charge on any atom is -0.479 e. The third-order valence-electron chi connectivity index (χ3n) is 6.70. The molecule has 0 spiro atoms. The van der Waals surface area contributed by atoms with E-state index in [9.17, 15) is 65.7 Å². The summed E-state index contributed by atoms with van der Waals surface area (Å²) in [4.78, 5) is 66.3. The molecular formula is C34H22Cl2F6N2O14. The Hall–Kier alpha value is -6.68. The number of benzene rings is 4. The fourth-order valence-electron chi connectivity index (χ4n) is 4.19. The number of rotatable bonds is 13. The molecule has 0 radical (unpaired) electrons. The number of halogens is 8. The molecule has 0 bridgehead atoms. The topological polar surface area (TPSA) is 221 Å². The molecule has 0 amide bonds. The van der Waals surface area contributed by atoms with Gasteiger partial charge in [0.2, 0.25) is 0 Å². The number of aliphatic carboxylic acids is 1. The van der Waals surface area contributed by atoms with Gasteiger partial charge in [-0.2, -0.15) is 26.3 Å². The van der Waals surface area contributed by atoms with Gasteiger partial charge < -0.3 is 28.8 Å². The van der Waals surface area contributed by atoms with E-state index >= 15 is 0 Å². The van der Waals surface area contributed by atoms with Crippen LogP contribution in [0.5, 0.6) is 23.0 Å². The highest BCUT2D eigenvalue weighted by Gasteiger charge is 2.32. The van der Waals surface area contributed by atoms with Crippen LogP contribution in [0, 0.1) is 20.2 Å². The molecule has 0 saturated carbocycles. The molecule has 0 aliphatic rings. The molecule has 308 valence electrons. The number of hydrogen-bond acceptors (Lipinski definition) is 13. The first kappa shape index (κ1) is 45.7. The van der Waals surface area contributed by atoms with Crippen LogP contribution < -0.4 is 9.47 Å². The van der Waals surface area contributed by atoms with E-state index in [1.165, 1.54) is 6.92 Å². The summed E-state index contributed by atoms with van der Waals surface area (Å²) in [5.41, 5.74) is -4.45. The van der Waals surface area contributed by atoms with E-state index in [1.807, 2.05) is 0 Å². The Morgan fingerprint density at radius 1 is 0.638 bits per heavy atom. The van der Waals surface area contributed by atoms with Gasteiger partial charge in [0.25, 0.3) is 11.4 Å². The van der Waals surface area contributed by atoms with Gasteiger partial charge in [0, 0.05) is 24.3 Å². The predicted octanol–water partition coefficient (Wildman–Crippen LogP) is 9.08. The predicted molar refractivity (Wildman–Crippen MR) is 184 cm³/mol. The van der Waals surface area contributed by atoms with Crippen molar-refractivity contribution >= 4 is 58.5 Å². The van der Waals surface area contributed by atoms with Crippen LogP contribution >= 0.6 is 23.2 Å². The van der Waals surface area contributed by atoms with Crippen LogP contribution in [0.25, 0.3) is 0 Å². The monoisotopic (exact) mass is 866 g/mol. The summed E-state index contributed by atoms with van der Waals surface area (Å²) in [5, 5.41) is 30.0. The molecule has 0 atom stereocenters. The molecule has 0 aliphatic carbocycles. The number of alkyl halides is 6. The van der Waals surface area contributed by atoms with E-state index < -0.39 is 92.9 Å². The molecule has 58 heavy (non-hydrogen) atoms. The molecule has 4 aromatic carbocycles. The maximum Gasteiger partial charge on any atom is 0.416 e. The number of hydrogen-bond donors (Lipinski definition) is 1. The standard InChI is InChI=1S/C18H13ClF3NO7.C16H9ClF3NO7/c1-2-28-16(24)9-29-17(25)12-8-11(4-5-14(12)23(26)27)30-15-6-3-10(7-13(15)19)18(20,21)22;17-11-5-8(16(18,19)20)1-4-13(11)28-9-2-3-12(21(25)26)10(6-9)15(24)27-7-14(22)23/h3-8H,2,9H2,1H3;1-6H,7H2,(H,22,23). The SMILES string of the molecule is CCOC(=O)COC(=O)c1cc(Oc2ccc(C(F)(F)F)cc2Cl)ccc1[N+](=O)[O-].O=C(O)COC(=O)c1cc(Oc2ccc(C(F)(F)F)cc2Cl)ccc1[N+](=O)[O-]. The molecule has 1 N–H and O–H groups in total. The van der Waals surface area contributed by atoms with E-state index in [-0.39, 0.29) is 39.7 Å². The zero-order valence-corrected chi connectivity index (χ0v) is 30.2. The summed E-state index contributed by atoms with van der Waals surface area (Å²) in [6.07, 6.45) is -9.22. The molecule has 0 aliphatic heterocycles. The number of carbonyl (C=O) groups is 4. The molecule has 24 heteroatoms. The lowest BCUT2D eigenvalue weighted by Gasteiger charge is -2.12. The van der Waals surface area contributed by atoms with Gasteiger partial charge in [-0.25, -0.2) is 19.2 Å². The van der Waals surface area contributed by atoms with E-state index in [2.05, 4.69) is 9.47 Å². The van der Waals surface area contributed by atoms with Gasteiger partial charge >= 0.3 is 36.2 Å². The molecule has 0 fully saturated rings. The van der Waals surface area contributed by atoms with Crippen molar-refractivity contribution in [2.24, 2.45) is 0 Å². The summed E-state index contributed by atoms with van der Waals surface area (Å²) >= 11 is 11.6. The number of esters is 3. The highest BCUT2D eigenvalue weighted by molar-refractivity contribution is 6.32. The molecule has 16 nitrogen and oxygen atoms in total. The van der Waals surface area contributed by atoms with Crippen LogP contribution in [-0.4, -0.2) is 58.7 Å². The second-order valence-electron chi connectivity index (χ2n) is 10.7. The fourth-order valence-corrected chi connectivity index (χ4v) is 4.62. The normalized spacial score (nSPS) is 11.0. The number of carbonyl (C=O) groups excluding carboxylic acids is 3. The Morgan fingerprint density at radius 2 is 1.03 bits per heavy atom. The number of carboxylic acids is 1. The lowest BCUT2D eigenvalue weighted by atomic mass is 10.1. The Balaban J connectivity index is 0.000000311. The summed E-state index contributed by atoms with van der Waals surface area (Å²) < 4.78 is 100. The van der Waals surface area contributed by atoms with Crippen LogP contribution in [0.1, 0.15) is 38.8 Å². The molecule has 0 aromatic heterocycles. The van der Waals surface area contributed by atoms with E-state index in [4.69, 9.17) is 42.5 Å². The summed E-state index contributed by atoms with van der Waals surface area (Å²) in [6, 6.07) is 10.5. The van der Waals surface area contributed by atoms with Gasteiger partial charge in [0.1, 0.15) is 34.1 Å². The minimum atomic E-state index is -4.61. The van der Waals surface area contributed by atoms with Gasteiger partial charge in [0.15, 0.2) is 13.2 Å². The Bertz CT molecular complexity index is 2240. The van der Waals surface area contributed by atoms with Crippen molar-refractivity contribution in [1.29, 1.82) is 0 Å². The fraction of sp³-hybridized carbons (Fsp3) is 0.176.